The second-order valence-electron chi connectivity index (χ2n) is 9.95. The van der Waals surface area contributed by atoms with E-state index in [9.17, 15) is 22.8 Å². The summed E-state index contributed by atoms with van der Waals surface area (Å²) in [7, 11) is 0. The fraction of sp³-hybridized carbons (Fsp3) is 0.556. The summed E-state index contributed by atoms with van der Waals surface area (Å²) in [5.41, 5.74) is 0.456. The van der Waals surface area contributed by atoms with Crippen molar-refractivity contribution in [3.8, 4) is 5.75 Å². The third kappa shape index (κ3) is 5.35. The number of likely N-dealkylation sites (tertiary alicyclic amines) is 1. The van der Waals surface area contributed by atoms with E-state index in [4.69, 9.17) is 9.47 Å². The first-order valence-corrected chi connectivity index (χ1v) is 12.7. The lowest BCUT2D eigenvalue weighted by atomic mass is 9.81. The molecule has 10 heteroatoms. The van der Waals surface area contributed by atoms with Crippen LogP contribution in [0.15, 0.2) is 30.3 Å². The van der Waals surface area contributed by atoms with E-state index >= 15 is 0 Å². The average molecular weight is 522 g/mol. The number of carbonyl (C=O) groups excluding carboxylic acids is 2. The van der Waals surface area contributed by atoms with E-state index in [1.165, 1.54) is 10.6 Å². The molecule has 3 heterocycles. The summed E-state index contributed by atoms with van der Waals surface area (Å²) < 4.78 is 53.3. The molecule has 2 aliphatic rings. The molecule has 1 aromatic heterocycles. The van der Waals surface area contributed by atoms with E-state index in [1.54, 1.807) is 30.0 Å². The molecule has 0 unspecified atom stereocenters. The lowest BCUT2D eigenvalue weighted by Crippen LogP contribution is -2.59. The summed E-state index contributed by atoms with van der Waals surface area (Å²) in [6.07, 6.45) is -3.63. The molecule has 2 aromatic rings. The average Bonchev–Trinajstić information content (AvgIpc) is 3.28. The number of alkyl halides is 3. The Hall–Kier alpha value is -3.01. The van der Waals surface area contributed by atoms with E-state index < -0.39 is 23.4 Å². The molecule has 37 heavy (non-hydrogen) atoms. The van der Waals surface area contributed by atoms with E-state index in [0.717, 1.165) is 17.4 Å². The van der Waals surface area contributed by atoms with Crippen molar-refractivity contribution in [1.29, 1.82) is 0 Å². The number of fused-ring (bicyclic) bond motifs is 2. The Labute approximate surface area is 215 Å². The molecule has 4 rings (SSSR count). The van der Waals surface area contributed by atoms with Gasteiger partial charge in [-0.15, -0.1) is 0 Å². The minimum atomic E-state index is -4.47. The maximum atomic E-state index is 13.7. The van der Waals surface area contributed by atoms with Crippen LogP contribution in [0.4, 0.5) is 13.2 Å². The molecule has 7 nitrogen and oxygen atoms in total. The third-order valence-corrected chi connectivity index (χ3v) is 7.23. The quantitative estimate of drug-likeness (QED) is 0.520. The Morgan fingerprint density at radius 1 is 1.05 bits per heavy atom. The second-order valence-corrected chi connectivity index (χ2v) is 9.95. The third-order valence-electron chi connectivity index (χ3n) is 7.23. The molecule has 1 aromatic carbocycles. The number of esters is 1. The van der Waals surface area contributed by atoms with Gasteiger partial charge in [0.25, 0.3) is 5.91 Å². The molecule has 0 bridgehead atoms. The Morgan fingerprint density at radius 3 is 2.35 bits per heavy atom. The Kier molecular flexibility index (Phi) is 7.60. The number of aryl methyl sites for hydroxylation is 1. The van der Waals surface area contributed by atoms with Crippen LogP contribution >= 0.6 is 0 Å². The maximum Gasteiger partial charge on any atom is 0.431 e. The first-order valence-electron chi connectivity index (χ1n) is 12.7. The number of aromatic nitrogens is 1. The summed E-state index contributed by atoms with van der Waals surface area (Å²) in [6, 6.07) is 7.98. The molecular formula is C27H34F3N3O4. The summed E-state index contributed by atoms with van der Waals surface area (Å²) in [5, 5.41) is 0. The molecule has 0 saturated carbocycles. The second kappa shape index (κ2) is 10.4. The summed E-state index contributed by atoms with van der Waals surface area (Å²) in [5.74, 6) is 0.186. The van der Waals surface area contributed by atoms with Gasteiger partial charge in [0.1, 0.15) is 11.4 Å². The topological polar surface area (TPSA) is 64.0 Å². The largest absolute Gasteiger partial charge is 0.491 e. The fourth-order valence-corrected chi connectivity index (χ4v) is 5.56. The van der Waals surface area contributed by atoms with Crippen molar-refractivity contribution in [2.24, 2.45) is 0 Å². The van der Waals surface area contributed by atoms with Crippen molar-refractivity contribution in [3.63, 3.8) is 0 Å². The maximum absolute atomic E-state index is 13.7. The number of nitrogens with zero attached hydrogens (tertiary/aromatic N) is 3. The number of amides is 1. The molecule has 2 aliphatic heterocycles. The first-order chi connectivity index (χ1) is 17.5. The van der Waals surface area contributed by atoms with Crippen LogP contribution in [-0.4, -0.2) is 65.1 Å². The lowest BCUT2D eigenvalue weighted by Gasteiger charge is -2.51. The number of rotatable bonds is 6. The zero-order valence-corrected chi connectivity index (χ0v) is 21.7. The number of ether oxygens (including phenoxy) is 2. The molecular weight excluding hydrogens is 487 g/mol. The zero-order chi connectivity index (χ0) is 27.0. The van der Waals surface area contributed by atoms with Crippen LogP contribution in [-0.2, 0) is 27.8 Å². The van der Waals surface area contributed by atoms with Gasteiger partial charge < -0.3 is 18.9 Å². The highest BCUT2D eigenvalue weighted by Gasteiger charge is 2.49. The summed E-state index contributed by atoms with van der Waals surface area (Å²) in [6.45, 7) is 8.83. The van der Waals surface area contributed by atoms with Gasteiger partial charge in [-0.2, -0.15) is 13.2 Å². The van der Waals surface area contributed by atoms with E-state index in [0.29, 0.717) is 37.2 Å². The van der Waals surface area contributed by atoms with Gasteiger partial charge in [-0.1, -0.05) is 0 Å². The van der Waals surface area contributed by atoms with Crippen LogP contribution < -0.4 is 4.74 Å². The van der Waals surface area contributed by atoms with Crippen molar-refractivity contribution in [3.05, 3.63) is 52.8 Å². The Balaban J connectivity index is 1.58. The van der Waals surface area contributed by atoms with E-state index in [-0.39, 0.29) is 38.3 Å². The molecule has 202 valence electrons. The van der Waals surface area contributed by atoms with Crippen LogP contribution in [0, 0.1) is 6.92 Å². The molecule has 0 atom stereocenters. The minimum absolute atomic E-state index is 0.00910. The number of hydrogen-bond donors (Lipinski definition) is 0. The zero-order valence-electron chi connectivity index (χ0n) is 21.7. The highest BCUT2D eigenvalue weighted by molar-refractivity contribution is 5.94. The van der Waals surface area contributed by atoms with Crippen LogP contribution in [0.2, 0.25) is 0 Å². The predicted octanol–water partition coefficient (Wildman–Crippen LogP) is 4.61. The smallest absolute Gasteiger partial charge is 0.431 e. The van der Waals surface area contributed by atoms with Crippen molar-refractivity contribution >= 4 is 11.9 Å². The Morgan fingerprint density at radius 2 is 1.76 bits per heavy atom. The molecule has 1 fully saturated rings. The number of benzene rings is 1. The molecule has 0 radical (unpaired) electrons. The number of carbonyl (C=O) groups is 2. The molecule has 1 spiro atoms. The van der Waals surface area contributed by atoms with Gasteiger partial charge in [-0.3, -0.25) is 14.5 Å². The lowest BCUT2D eigenvalue weighted by molar-refractivity contribution is -0.150. The highest BCUT2D eigenvalue weighted by atomic mass is 19.4. The van der Waals surface area contributed by atoms with Crippen LogP contribution in [0.1, 0.15) is 60.9 Å². The normalized spacial score (nSPS) is 17.7. The fourth-order valence-electron chi connectivity index (χ4n) is 5.56. The van der Waals surface area contributed by atoms with Gasteiger partial charge in [-0.25, -0.2) is 0 Å². The van der Waals surface area contributed by atoms with E-state index in [1.807, 2.05) is 25.7 Å². The summed E-state index contributed by atoms with van der Waals surface area (Å²) >= 11 is 0. The van der Waals surface area contributed by atoms with Crippen LogP contribution in [0.3, 0.4) is 0 Å². The number of halogens is 3. The van der Waals surface area contributed by atoms with Gasteiger partial charge in [-0.05, 0) is 76.4 Å². The predicted molar refractivity (Wildman–Crippen MR) is 131 cm³/mol. The number of hydrogen-bond acceptors (Lipinski definition) is 5. The van der Waals surface area contributed by atoms with E-state index in [2.05, 4.69) is 0 Å². The Bertz CT molecular complexity index is 1150. The van der Waals surface area contributed by atoms with Crippen molar-refractivity contribution in [1.82, 2.24) is 14.4 Å². The van der Waals surface area contributed by atoms with Gasteiger partial charge >= 0.3 is 12.1 Å². The van der Waals surface area contributed by atoms with Gasteiger partial charge in [0.2, 0.25) is 0 Å². The van der Waals surface area contributed by atoms with Gasteiger partial charge in [0.15, 0.2) is 0 Å². The highest BCUT2D eigenvalue weighted by Crippen LogP contribution is 2.44. The monoisotopic (exact) mass is 521 g/mol. The molecule has 0 aliphatic carbocycles. The molecule has 1 saturated heterocycles. The van der Waals surface area contributed by atoms with Crippen molar-refractivity contribution < 1.29 is 32.2 Å². The summed E-state index contributed by atoms with van der Waals surface area (Å²) in [4.78, 5) is 29.4. The SMILES string of the molecule is CCOC(=O)CN1CCn2c(C(F)(F)F)ccc2C12CCN(C(=O)c1ccc(OC(C)C)c(C)c1)CC2. The van der Waals surface area contributed by atoms with Crippen molar-refractivity contribution in [2.45, 2.75) is 64.9 Å². The van der Waals surface area contributed by atoms with Gasteiger partial charge in [0.05, 0.1) is 24.8 Å². The standard InChI is InChI=1S/C27H34F3N3O4/c1-5-36-24(34)17-32-14-15-33-22(8-9-23(33)27(28,29)30)26(32)10-12-31(13-11-26)25(35)20-6-7-21(19(4)16-20)37-18(2)3/h6-9,16,18H,5,10-15,17H2,1-4H3. The van der Waals surface area contributed by atoms with Crippen molar-refractivity contribution in [2.75, 3.05) is 32.8 Å². The molecule has 1 amide bonds. The minimum Gasteiger partial charge on any atom is -0.491 e. The van der Waals surface area contributed by atoms with Crippen LogP contribution in [0.25, 0.3) is 0 Å². The first kappa shape index (κ1) is 27.0. The molecule has 0 N–H and O–H groups in total. The van der Waals surface area contributed by atoms with Crippen LogP contribution in [0.5, 0.6) is 5.75 Å². The van der Waals surface area contributed by atoms with Gasteiger partial charge in [0, 0.05) is 37.4 Å². The number of piperidine rings is 1.